The van der Waals surface area contributed by atoms with Crippen molar-refractivity contribution in [3.05, 3.63) is 29.7 Å². The highest BCUT2D eigenvalue weighted by molar-refractivity contribution is 5.67. The largest absolute Gasteiger partial charge is 0.492 e. The molecule has 0 heterocycles. The van der Waals surface area contributed by atoms with Crippen LogP contribution in [0.4, 0.5) is 0 Å². The molecule has 1 rings (SSSR count). The fourth-order valence-corrected chi connectivity index (χ4v) is 2.16. The standard InChI is InChI=1S/C16H22O4/c1-10(2)8-9-12-11(3)13(17-4)15(19-6)16(20-7)14(12)18-5/h1,8H,9H2,2-7H3/b10-8-. The van der Waals surface area contributed by atoms with E-state index in [9.17, 15) is 0 Å². The summed E-state index contributed by atoms with van der Waals surface area (Å²) in [5.74, 6) is 2.33. The lowest BCUT2D eigenvalue weighted by atomic mass is 10.0. The van der Waals surface area contributed by atoms with Crippen molar-refractivity contribution in [1.29, 1.82) is 0 Å². The Morgan fingerprint density at radius 3 is 1.75 bits per heavy atom. The topological polar surface area (TPSA) is 36.9 Å². The average molecular weight is 278 g/mol. The molecule has 0 unspecified atom stereocenters. The van der Waals surface area contributed by atoms with E-state index in [0.29, 0.717) is 29.4 Å². The predicted molar refractivity (Wildman–Crippen MR) is 79.1 cm³/mol. The molecule has 0 aliphatic heterocycles. The van der Waals surface area contributed by atoms with Crippen LogP contribution in [0, 0.1) is 13.8 Å². The Labute approximate surface area is 121 Å². The second-order valence-corrected chi connectivity index (χ2v) is 4.39. The molecule has 0 saturated heterocycles. The van der Waals surface area contributed by atoms with Gasteiger partial charge in [0.15, 0.2) is 11.5 Å². The molecule has 0 aromatic heterocycles. The maximum Gasteiger partial charge on any atom is 0.207 e. The quantitative estimate of drug-likeness (QED) is 0.800. The maximum atomic E-state index is 5.71. The van der Waals surface area contributed by atoms with Crippen LogP contribution in [0.1, 0.15) is 18.1 Å². The van der Waals surface area contributed by atoms with E-state index in [2.05, 4.69) is 0 Å². The minimum absolute atomic E-state index is 0.524. The summed E-state index contributed by atoms with van der Waals surface area (Å²) in [7, 11) is 6.35. The van der Waals surface area contributed by atoms with Crippen LogP contribution in [-0.4, -0.2) is 28.4 Å². The molecule has 0 aliphatic carbocycles. The molecule has 0 atom stereocenters. The SMILES string of the molecule is [CH]/C(C)=C/Cc1c(C)c(OC)c(OC)c(OC)c1OC. The third-order valence-electron chi connectivity index (χ3n) is 3.13. The number of methoxy groups -OCH3 is 4. The second-order valence-electron chi connectivity index (χ2n) is 4.39. The third-order valence-corrected chi connectivity index (χ3v) is 3.13. The van der Waals surface area contributed by atoms with Gasteiger partial charge in [-0.25, -0.2) is 0 Å². The van der Waals surface area contributed by atoms with E-state index in [1.165, 1.54) is 0 Å². The Bertz CT molecular complexity index is 500. The fourth-order valence-electron chi connectivity index (χ4n) is 2.16. The maximum absolute atomic E-state index is 5.71. The molecule has 0 bridgehead atoms. The van der Waals surface area contributed by atoms with Gasteiger partial charge < -0.3 is 18.9 Å². The molecule has 0 spiro atoms. The van der Waals surface area contributed by atoms with Crippen molar-refractivity contribution in [3.63, 3.8) is 0 Å². The van der Waals surface area contributed by atoms with Gasteiger partial charge in [0.25, 0.3) is 0 Å². The highest BCUT2D eigenvalue weighted by Crippen LogP contribution is 2.49. The number of rotatable bonds is 6. The van der Waals surface area contributed by atoms with Crippen molar-refractivity contribution in [2.24, 2.45) is 0 Å². The molecule has 4 nitrogen and oxygen atoms in total. The van der Waals surface area contributed by atoms with Crippen molar-refractivity contribution in [3.8, 4) is 23.0 Å². The van der Waals surface area contributed by atoms with Crippen LogP contribution in [0.15, 0.2) is 11.6 Å². The summed E-state index contributed by atoms with van der Waals surface area (Å²) in [5.41, 5.74) is 2.66. The molecule has 4 heteroatoms. The van der Waals surface area contributed by atoms with Gasteiger partial charge in [0.05, 0.1) is 28.4 Å². The molecule has 0 fully saturated rings. The fraction of sp³-hybridized carbons (Fsp3) is 0.438. The van der Waals surface area contributed by atoms with Gasteiger partial charge in [-0.15, -0.1) is 0 Å². The zero-order valence-corrected chi connectivity index (χ0v) is 13.0. The molecule has 0 N–H and O–H groups in total. The normalized spacial score (nSPS) is 11.2. The lowest BCUT2D eigenvalue weighted by Crippen LogP contribution is -2.04. The third kappa shape index (κ3) is 3.00. The summed E-state index contributed by atoms with van der Waals surface area (Å²) in [4.78, 5) is 0. The number of ether oxygens (including phenoxy) is 4. The number of benzene rings is 1. The van der Waals surface area contributed by atoms with Crippen LogP contribution >= 0.6 is 0 Å². The summed E-state index contributed by atoms with van der Waals surface area (Å²) in [6, 6.07) is 0. The van der Waals surface area contributed by atoms with E-state index in [4.69, 9.17) is 25.9 Å². The smallest absolute Gasteiger partial charge is 0.207 e. The molecule has 1 aromatic rings. The second kappa shape index (κ2) is 7.08. The molecule has 0 saturated carbocycles. The summed E-state index contributed by atoms with van der Waals surface area (Å²) in [6.45, 7) is 9.52. The van der Waals surface area contributed by atoms with E-state index < -0.39 is 0 Å². The molecule has 0 amide bonds. The van der Waals surface area contributed by atoms with Gasteiger partial charge in [-0.3, -0.25) is 0 Å². The molecular formula is C16H22O4. The summed E-state index contributed by atoms with van der Waals surface area (Å²) < 4.78 is 21.7. The first-order chi connectivity index (χ1) is 9.51. The van der Waals surface area contributed by atoms with E-state index in [1.807, 2.05) is 19.9 Å². The average Bonchev–Trinajstić information content (AvgIpc) is 2.43. The Balaban J connectivity index is 3.60. The van der Waals surface area contributed by atoms with Crippen LogP contribution in [-0.2, 0) is 6.42 Å². The lowest BCUT2D eigenvalue weighted by Gasteiger charge is -2.21. The first-order valence-corrected chi connectivity index (χ1v) is 6.29. The van der Waals surface area contributed by atoms with Crippen molar-refractivity contribution >= 4 is 0 Å². The number of allylic oxidation sites excluding steroid dienone is 2. The van der Waals surface area contributed by atoms with E-state index in [0.717, 1.165) is 16.7 Å². The summed E-state index contributed by atoms with van der Waals surface area (Å²) >= 11 is 0. The Kier molecular flexibility index (Phi) is 5.74. The zero-order valence-electron chi connectivity index (χ0n) is 13.0. The Hall–Kier alpha value is -1.84. The lowest BCUT2D eigenvalue weighted by molar-refractivity contribution is 0.302. The van der Waals surface area contributed by atoms with Crippen molar-refractivity contribution in [2.75, 3.05) is 28.4 Å². The Morgan fingerprint density at radius 1 is 0.900 bits per heavy atom. The summed E-state index contributed by atoms with van der Waals surface area (Å²) in [5, 5.41) is 0. The van der Waals surface area contributed by atoms with Crippen molar-refractivity contribution in [1.82, 2.24) is 0 Å². The van der Waals surface area contributed by atoms with Gasteiger partial charge in [-0.05, 0) is 27.2 Å². The van der Waals surface area contributed by atoms with Gasteiger partial charge in [0.2, 0.25) is 11.5 Å². The highest BCUT2D eigenvalue weighted by atomic mass is 16.5. The van der Waals surface area contributed by atoms with Crippen LogP contribution < -0.4 is 18.9 Å². The van der Waals surface area contributed by atoms with Crippen molar-refractivity contribution < 1.29 is 18.9 Å². The number of hydrogen-bond acceptors (Lipinski definition) is 4. The van der Waals surface area contributed by atoms with Crippen LogP contribution in [0.2, 0.25) is 0 Å². The van der Waals surface area contributed by atoms with E-state index in [-0.39, 0.29) is 0 Å². The minimum Gasteiger partial charge on any atom is -0.492 e. The zero-order chi connectivity index (χ0) is 15.3. The molecular weight excluding hydrogens is 256 g/mol. The van der Waals surface area contributed by atoms with Crippen molar-refractivity contribution in [2.45, 2.75) is 20.3 Å². The van der Waals surface area contributed by atoms with Gasteiger partial charge in [-0.2, -0.15) is 0 Å². The predicted octanol–water partition coefficient (Wildman–Crippen LogP) is 3.23. The van der Waals surface area contributed by atoms with E-state index in [1.54, 1.807) is 28.4 Å². The van der Waals surface area contributed by atoms with Gasteiger partial charge in [-0.1, -0.05) is 11.6 Å². The summed E-state index contributed by atoms with van der Waals surface area (Å²) in [6.07, 6.45) is 2.56. The first-order valence-electron chi connectivity index (χ1n) is 6.29. The van der Waals surface area contributed by atoms with Gasteiger partial charge in [0, 0.05) is 11.1 Å². The van der Waals surface area contributed by atoms with E-state index >= 15 is 0 Å². The molecule has 20 heavy (non-hydrogen) atoms. The Morgan fingerprint density at radius 2 is 1.35 bits per heavy atom. The van der Waals surface area contributed by atoms with Crippen LogP contribution in [0.5, 0.6) is 23.0 Å². The van der Waals surface area contributed by atoms with Gasteiger partial charge in [0.1, 0.15) is 0 Å². The highest BCUT2D eigenvalue weighted by Gasteiger charge is 2.24. The number of hydrogen-bond donors (Lipinski definition) is 0. The minimum atomic E-state index is 0.524. The molecule has 0 aliphatic rings. The molecule has 1 aromatic carbocycles. The monoisotopic (exact) mass is 278 g/mol. The first kappa shape index (κ1) is 16.2. The van der Waals surface area contributed by atoms with Gasteiger partial charge >= 0.3 is 0 Å². The molecule has 110 valence electrons. The van der Waals surface area contributed by atoms with Crippen LogP contribution in [0.3, 0.4) is 0 Å². The molecule has 2 radical (unpaired) electrons. The van der Waals surface area contributed by atoms with Crippen LogP contribution in [0.25, 0.3) is 0 Å².